The first-order valence-electron chi connectivity index (χ1n) is 6.37. The largest absolute Gasteiger partial charge is 0.339 e. The molecule has 0 atom stereocenters. The van der Waals surface area contributed by atoms with Crippen molar-refractivity contribution >= 4 is 33.1 Å². The Hall–Kier alpha value is -1.68. The molecule has 0 aromatic heterocycles. The van der Waals surface area contributed by atoms with Gasteiger partial charge in [0.25, 0.3) is 0 Å². The van der Waals surface area contributed by atoms with E-state index < -0.39 is 0 Å². The lowest BCUT2D eigenvalue weighted by molar-refractivity contribution is 0.101. The number of anilines is 2. The van der Waals surface area contributed by atoms with Gasteiger partial charge in [0.1, 0.15) is 5.82 Å². The van der Waals surface area contributed by atoms with Crippen LogP contribution in [0, 0.1) is 5.82 Å². The fourth-order valence-corrected chi connectivity index (χ4v) is 2.52. The van der Waals surface area contributed by atoms with Gasteiger partial charge in [-0.25, -0.2) is 4.39 Å². The van der Waals surface area contributed by atoms with Crippen LogP contribution in [-0.2, 0) is 0 Å². The van der Waals surface area contributed by atoms with Gasteiger partial charge in [0.05, 0.1) is 11.4 Å². The van der Waals surface area contributed by atoms with Crippen molar-refractivity contribution in [2.45, 2.75) is 13.8 Å². The molecule has 0 aliphatic rings. The first-order valence-corrected chi connectivity index (χ1v) is 7.16. The highest BCUT2D eigenvalue weighted by Gasteiger charge is 2.17. The maximum Gasteiger partial charge on any atom is 0.161 e. The van der Waals surface area contributed by atoms with Crippen LogP contribution in [0.15, 0.2) is 46.9 Å². The Balaban J connectivity index is 2.60. The highest BCUT2D eigenvalue weighted by atomic mass is 79.9. The number of nitrogens with zero attached hydrogens (tertiary/aromatic N) is 1. The molecule has 0 aliphatic carbocycles. The monoisotopic (exact) mass is 335 g/mol. The third-order valence-corrected chi connectivity index (χ3v) is 3.58. The molecule has 0 saturated carbocycles. The van der Waals surface area contributed by atoms with Gasteiger partial charge in [0, 0.05) is 16.6 Å². The van der Waals surface area contributed by atoms with Crippen LogP contribution in [0.5, 0.6) is 0 Å². The highest BCUT2D eigenvalue weighted by molar-refractivity contribution is 9.10. The molecule has 2 aromatic rings. The average Bonchev–Trinajstić information content (AvgIpc) is 2.41. The molecule has 0 bridgehead atoms. The minimum absolute atomic E-state index is 0.0395. The van der Waals surface area contributed by atoms with Crippen molar-refractivity contribution < 1.29 is 9.18 Å². The molecule has 4 heteroatoms. The summed E-state index contributed by atoms with van der Waals surface area (Å²) in [5.74, 6) is -0.342. The summed E-state index contributed by atoms with van der Waals surface area (Å²) in [7, 11) is 0. The van der Waals surface area contributed by atoms with Crippen LogP contribution >= 0.6 is 15.9 Å². The molecule has 0 spiro atoms. The number of ketones is 1. The molecule has 0 aliphatic heterocycles. The van der Waals surface area contributed by atoms with Gasteiger partial charge in [-0.1, -0.05) is 28.1 Å². The Bertz CT molecular complexity index is 642. The SMILES string of the molecule is CCN(c1ccccc1F)c1cc(Br)ccc1C(C)=O. The topological polar surface area (TPSA) is 20.3 Å². The molecular formula is C16H15BrFNO. The van der Waals surface area contributed by atoms with E-state index >= 15 is 0 Å². The zero-order valence-electron chi connectivity index (χ0n) is 11.4. The summed E-state index contributed by atoms with van der Waals surface area (Å²) >= 11 is 3.40. The molecule has 0 heterocycles. The van der Waals surface area contributed by atoms with Crippen molar-refractivity contribution in [3.05, 3.63) is 58.3 Å². The van der Waals surface area contributed by atoms with E-state index in [1.807, 2.05) is 19.1 Å². The number of Topliss-reactive ketones (excluding diaryl/α,β-unsaturated/α-hetero) is 1. The van der Waals surface area contributed by atoms with E-state index in [-0.39, 0.29) is 11.6 Å². The summed E-state index contributed by atoms with van der Waals surface area (Å²) in [5.41, 5.74) is 1.76. The predicted molar refractivity (Wildman–Crippen MR) is 83.2 cm³/mol. The molecule has 0 N–H and O–H groups in total. The maximum atomic E-state index is 14.0. The second kappa shape index (κ2) is 6.18. The predicted octanol–water partition coefficient (Wildman–Crippen LogP) is 4.95. The Kier molecular flexibility index (Phi) is 4.55. The number of hydrogen-bond acceptors (Lipinski definition) is 2. The van der Waals surface area contributed by atoms with E-state index in [4.69, 9.17) is 0 Å². The number of benzene rings is 2. The summed E-state index contributed by atoms with van der Waals surface area (Å²) < 4.78 is 14.9. The Morgan fingerprint density at radius 2 is 1.90 bits per heavy atom. The van der Waals surface area contributed by atoms with E-state index in [9.17, 15) is 9.18 Å². The van der Waals surface area contributed by atoms with E-state index in [2.05, 4.69) is 15.9 Å². The minimum Gasteiger partial charge on any atom is -0.339 e. The number of para-hydroxylation sites is 1. The van der Waals surface area contributed by atoms with Crippen molar-refractivity contribution in [3.8, 4) is 0 Å². The summed E-state index contributed by atoms with van der Waals surface area (Å²) in [5, 5.41) is 0. The second-order valence-electron chi connectivity index (χ2n) is 4.41. The van der Waals surface area contributed by atoms with Gasteiger partial charge in [-0.2, -0.15) is 0 Å². The molecule has 0 saturated heterocycles. The molecule has 2 rings (SSSR count). The Morgan fingerprint density at radius 1 is 1.20 bits per heavy atom. The second-order valence-corrected chi connectivity index (χ2v) is 5.33. The van der Waals surface area contributed by atoms with E-state index in [0.29, 0.717) is 23.5 Å². The van der Waals surface area contributed by atoms with Crippen LogP contribution in [0.4, 0.5) is 15.8 Å². The Morgan fingerprint density at radius 3 is 2.50 bits per heavy atom. The Labute approximate surface area is 126 Å². The van der Waals surface area contributed by atoms with Gasteiger partial charge in [-0.15, -0.1) is 0 Å². The fraction of sp³-hybridized carbons (Fsp3) is 0.188. The van der Waals surface area contributed by atoms with Gasteiger partial charge in [0.2, 0.25) is 0 Å². The van der Waals surface area contributed by atoms with Crippen LogP contribution in [0.3, 0.4) is 0 Å². The van der Waals surface area contributed by atoms with Crippen LogP contribution in [0.25, 0.3) is 0 Å². The van der Waals surface area contributed by atoms with Crippen molar-refractivity contribution in [2.75, 3.05) is 11.4 Å². The number of carbonyl (C=O) groups excluding carboxylic acids is 1. The molecule has 0 radical (unpaired) electrons. The summed E-state index contributed by atoms with van der Waals surface area (Å²) in [6.07, 6.45) is 0. The fourth-order valence-electron chi connectivity index (χ4n) is 2.17. The number of hydrogen-bond donors (Lipinski definition) is 0. The number of rotatable bonds is 4. The highest BCUT2D eigenvalue weighted by Crippen LogP contribution is 2.32. The van der Waals surface area contributed by atoms with Crippen molar-refractivity contribution in [1.29, 1.82) is 0 Å². The third-order valence-electron chi connectivity index (χ3n) is 3.09. The zero-order chi connectivity index (χ0) is 14.7. The van der Waals surface area contributed by atoms with Crippen LogP contribution in [0.1, 0.15) is 24.2 Å². The molecular weight excluding hydrogens is 321 g/mol. The molecule has 0 fully saturated rings. The van der Waals surface area contributed by atoms with Crippen LogP contribution in [-0.4, -0.2) is 12.3 Å². The van der Waals surface area contributed by atoms with Crippen LogP contribution in [0.2, 0.25) is 0 Å². The van der Waals surface area contributed by atoms with Crippen LogP contribution < -0.4 is 4.90 Å². The number of carbonyl (C=O) groups is 1. The molecule has 0 amide bonds. The first-order chi connectivity index (χ1) is 9.54. The average molecular weight is 336 g/mol. The van der Waals surface area contributed by atoms with E-state index in [1.54, 1.807) is 29.2 Å². The lowest BCUT2D eigenvalue weighted by Gasteiger charge is -2.26. The first kappa shape index (κ1) is 14.7. The van der Waals surface area contributed by atoms with Gasteiger partial charge >= 0.3 is 0 Å². The lowest BCUT2D eigenvalue weighted by atomic mass is 10.1. The van der Waals surface area contributed by atoms with Crippen molar-refractivity contribution in [2.24, 2.45) is 0 Å². The van der Waals surface area contributed by atoms with E-state index in [0.717, 1.165) is 4.47 Å². The normalized spacial score (nSPS) is 10.4. The lowest BCUT2D eigenvalue weighted by Crippen LogP contribution is -2.19. The third kappa shape index (κ3) is 2.90. The molecule has 2 aromatic carbocycles. The molecule has 104 valence electrons. The standard InChI is InChI=1S/C16H15BrFNO/c1-3-19(15-7-5-4-6-14(15)18)16-10-12(17)8-9-13(16)11(2)20/h4-10H,3H2,1-2H3. The number of halogens is 2. The van der Waals surface area contributed by atoms with Crippen molar-refractivity contribution in [1.82, 2.24) is 0 Å². The molecule has 0 unspecified atom stereocenters. The zero-order valence-corrected chi connectivity index (χ0v) is 12.9. The summed E-state index contributed by atoms with van der Waals surface area (Å²) in [6, 6.07) is 12.0. The van der Waals surface area contributed by atoms with Gasteiger partial charge in [0.15, 0.2) is 5.78 Å². The van der Waals surface area contributed by atoms with E-state index in [1.165, 1.54) is 13.0 Å². The summed E-state index contributed by atoms with van der Waals surface area (Å²) in [4.78, 5) is 13.6. The van der Waals surface area contributed by atoms with Gasteiger partial charge < -0.3 is 4.90 Å². The molecule has 20 heavy (non-hydrogen) atoms. The maximum absolute atomic E-state index is 14.0. The van der Waals surface area contributed by atoms with Gasteiger partial charge in [-0.05, 0) is 44.2 Å². The van der Waals surface area contributed by atoms with Crippen molar-refractivity contribution in [3.63, 3.8) is 0 Å². The minimum atomic E-state index is -0.302. The summed E-state index contributed by atoms with van der Waals surface area (Å²) in [6.45, 7) is 4.01. The molecule has 2 nitrogen and oxygen atoms in total. The van der Waals surface area contributed by atoms with Gasteiger partial charge in [-0.3, -0.25) is 4.79 Å². The smallest absolute Gasteiger partial charge is 0.161 e. The quantitative estimate of drug-likeness (QED) is 0.737.